The van der Waals surface area contributed by atoms with Crippen molar-refractivity contribution in [2.75, 3.05) is 172 Å². The van der Waals surface area contributed by atoms with Crippen molar-refractivity contribution in [3.05, 3.63) is 10.4 Å². The summed E-state index contributed by atoms with van der Waals surface area (Å²) in [6.45, 7) is 11.9. The van der Waals surface area contributed by atoms with Crippen LogP contribution in [0.1, 0.15) is 0 Å². The third-order valence-corrected chi connectivity index (χ3v) is 4.73. The van der Waals surface area contributed by atoms with E-state index < -0.39 is 0 Å². The molecule has 0 bridgehead atoms. The third-order valence-electron chi connectivity index (χ3n) is 4.73. The van der Waals surface area contributed by atoms with E-state index in [1.54, 1.807) is 0 Å². The van der Waals surface area contributed by atoms with Crippen LogP contribution in [0.5, 0.6) is 0 Å². The van der Waals surface area contributed by atoms with E-state index in [9.17, 15) is 0 Å². The fourth-order valence-corrected chi connectivity index (χ4v) is 2.74. The van der Waals surface area contributed by atoms with Crippen LogP contribution in [0.2, 0.25) is 0 Å². The molecule has 0 saturated carbocycles. The van der Waals surface area contributed by atoms with Gasteiger partial charge in [-0.3, -0.25) is 0 Å². The first kappa shape index (κ1) is 40.8. The van der Waals surface area contributed by atoms with Gasteiger partial charge in [0, 0.05) is 11.5 Å². The van der Waals surface area contributed by atoms with Crippen LogP contribution in [-0.2, 0) is 56.8 Å². The van der Waals surface area contributed by atoms with Crippen molar-refractivity contribution in [3.63, 3.8) is 0 Å². The maximum Gasteiger partial charge on any atom is 0.0701 e. The minimum atomic E-state index is 0.0226. The Kier molecular flexibility index (Phi) is 38.6. The van der Waals surface area contributed by atoms with Gasteiger partial charge in [0.2, 0.25) is 0 Å². The van der Waals surface area contributed by atoms with Crippen LogP contribution in [0.3, 0.4) is 0 Å². The van der Waals surface area contributed by atoms with Gasteiger partial charge in [0.15, 0.2) is 0 Å². The molecule has 16 nitrogen and oxygen atoms in total. The van der Waals surface area contributed by atoms with E-state index in [-0.39, 0.29) is 6.61 Å². The van der Waals surface area contributed by atoms with Gasteiger partial charge in [0.05, 0.1) is 165 Å². The lowest BCUT2D eigenvalue weighted by Crippen LogP contribution is -2.15. The second-order valence-corrected chi connectivity index (χ2v) is 8.03. The van der Waals surface area contributed by atoms with Gasteiger partial charge < -0.3 is 61.9 Å². The van der Waals surface area contributed by atoms with E-state index in [2.05, 4.69) is 10.0 Å². The molecule has 0 saturated heterocycles. The Hall–Kier alpha value is -1.21. The van der Waals surface area contributed by atoms with Gasteiger partial charge >= 0.3 is 0 Å². The molecule has 0 unspecified atom stereocenters. The minimum absolute atomic E-state index is 0.0226. The average Bonchev–Trinajstić information content (AvgIpc) is 3.00. The van der Waals surface area contributed by atoms with Gasteiger partial charge in [-0.05, 0) is 5.53 Å². The molecular formula is C26H53N3O13. The maximum absolute atomic E-state index is 8.57. The molecule has 0 amide bonds. The van der Waals surface area contributed by atoms with Crippen molar-refractivity contribution in [1.29, 1.82) is 0 Å². The fourth-order valence-electron chi connectivity index (χ4n) is 2.74. The zero-order valence-electron chi connectivity index (χ0n) is 25.1. The highest BCUT2D eigenvalue weighted by Gasteiger charge is 1.96. The Morgan fingerprint density at radius 3 is 0.714 bits per heavy atom. The number of nitrogens with zero attached hydrogens (tertiary/aromatic N) is 3. The predicted octanol–water partition coefficient (Wildman–Crippen LogP) is 0.488. The number of aliphatic hydroxyl groups is 1. The molecule has 0 radical (unpaired) electrons. The zero-order valence-corrected chi connectivity index (χ0v) is 25.1. The van der Waals surface area contributed by atoms with Gasteiger partial charge in [0.1, 0.15) is 0 Å². The van der Waals surface area contributed by atoms with Crippen molar-refractivity contribution in [1.82, 2.24) is 0 Å². The molecule has 250 valence electrons. The topological polar surface area (TPSA) is 180 Å². The van der Waals surface area contributed by atoms with Crippen LogP contribution in [-0.4, -0.2) is 177 Å². The molecule has 0 heterocycles. The van der Waals surface area contributed by atoms with E-state index in [1.807, 2.05) is 0 Å². The summed E-state index contributed by atoms with van der Waals surface area (Å²) in [6.07, 6.45) is 0. The van der Waals surface area contributed by atoms with Gasteiger partial charge in [-0.15, -0.1) is 0 Å². The second-order valence-electron chi connectivity index (χ2n) is 8.03. The summed E-state index contributed by atoms with van der Waals surface area (Å²) in [6, 6.07) is 0. The molecule has 0 aromatic carbocycles. The van der Waals surface area contributed by atoms with E-state index in [0.717, 1.165) is 0 Å². The number of aliphatic hydroxyl groups excluding tert-OH is 1. The monoisotopic (exact) mass is 615 g/mol. The summed E-state index contributed by atoms with van der Waals surface area (Å²) in [5.41, 5.74) is 8.13. The van der Waals surface area contributed by atoms with Crippen LogP contribution < -0.4 is 0 Å². The molecule has 0 aromatic heterocycles. The summed E-state index contributed by atoms with van der Waals surface area (Å²) in [4.78, 5) is 2.64. The van der Waals surface area contributed by atoms with Crippen LogP contribution >= 0.6 is 0 Å². The highest BCUT2D eigenvalue weighted by atomic mass is 16.6. The van der Waals surface area contributed by atoms with E-state index in [4.69, 9.17) is 67.5 Å². The molecule has 0 aliphatic heterocycles. The number of rotatable bonds is 38. The summed E-state index contributed by atoms with van der Waals surface area (Å²) < 4.78 is 64.4. The largest absolute Gasteiger partial charge is 0.394 e. The van der Waals surface area contributed by atoms with E-state index in [0.29, 0.717) is 165 Å². The molecule has 42 heavy (non-hydrogen) atoms. The van der Waals surface area contributed by atoms with Crippen LogP contribution in [0, 0.1) is 0 Å². The molecule has 0 rings (SSSR count). The van der Waals surface area contributed by atoms with Crippen LogP contribution in [0.4, 0.5) is 0 Å². The average molecular weight is 616 g/mol. The summed E-state index contributed by atoms with van der Waals surface area (Å²) in [5, 5.41) is 11.9. The number of ether oxygens (including phenoxy) is 12. The van der Waals surface area contributed by atoms with Crippen molar-refractivity contribution in [2.45, 2.75) is 0 Å². The molecule has 1 N–H and O–H groups in total. The summed E-state index contributed by atoms with van der Waals surface area (Å²) >= 11 is 0. The lowest BCUT2D eigenvalue weighted by atomic mass is 10.6. The first-order valence-corrected chi connectivity index (χ1v) is 14.5. The first-order valence-electron chi connectivity index (χ1n) is 14.5. The standard InChI is InChI=1S/C26H53N3O13/c27-29-28-1-3-31-5-7-33-9-11-35-13-15-37-17-19-39-21-23-41-25-26-42-24-22-40-20-18-38-16-14-36-12-10-34-8-6-32-4-2-30/h30H,1-26H2. The maximum atomic E-state index is 8.57. The molecule has 0 atom stereocenters. The first-order chi connectivity index (χ1) is 20.9. The van der Waals surface area contributed by atoms with Crippen molar-refractivity contribution in [2.24, 2.45) is 5.11 Å². The minimum Gasteiger partial charge on any atom is -0.394 e. The van der Waals surface area contributed by atoms with Gasteiger partial charge in [0.25, 0.3) is 0 Å². The lowest BCUT2D eigenvalue weighted by Gasteiger charge is -2.09. The van der Waals surface area contributed by atoms with Gasteiger partial charge in [-0.1, -0.05) is 5.11 Å². The molecule has 0 fully saturated rings. The quantitative estimate of drug-likeness (QED) is 0.0439. The Bertz CT molecular complexity index is 550. The molecule has 16 heteroatoms. The number of hydrogen-bond donors (Lipinski definition) is 1. The predicted molar refractivity (Wildman–Crippen MR) is 151 cm³/mol. The summed E-state index contributed by atoms with van der Waals surface area (Å²) in [7, 11) is 0. The zero-order chi connectivity index (χ0) is 30.3. The molecule has 0 aromatic rings. The molecule has 0 aliphatic carbocycles. The Balaban J connectivity index is 3.03. The number of hydrogen-bond acceptors (Lipinski definition) is 14. The van der Waals surface area contributed by atoms with E-state index in [1.165, 1.54) is 0 Å². The van der Waals surface area contributed by atoms with Crippen LogP contribution in [0.15, 0.2) is 5.11 Å². The normalized spacial score (nSPS) is 11.3. The fraction of sp³-hybridized carbons (Fsp3) is 1.00. The highest BCUT2D eigenvalue weighted by molar-refractivity contribution is 4.44. The molecular weight excluding hydrogens is 562 g/mol. The van der Waals surface area contributed by atoms with E-state index >= 15 is 0 Å². The van der Waals surface area contributed by atoms with Crippen molar-refractivity contribution < 1.29 is 61.9 Å². The Labute approximate surface area is 249 Å². The third kappa shape index (κ3) is 38.8. The smallest absolute Gasteiger partial charge is 0.0701 e. The van der Waals surface area contributed by atoms with Crippen molar-refractivity contribution in [3.8, 4) is 0 Å². The Morgan fingerprint density at radius 2 is 0.524 bits per heavy atom. The highest BCUT2D eigenvalue weighted by Crippen LogP contribution is 1.87. The van der Waals surface area contributed by atoms with Crippen LogP contribution in [0.25, 0.3) is 10.4 Å². The summed E-state index contributed by atoms with van der Waals surface area (Å²) in [5.74, 6) is 0. The molecule has 0 spiro atoms. The van der Waals surface area contributed by atoms with Gasteiger partial charge in [-0.25, -0.2) is 0 Å². The molecule has 0 aliphatic rings. The SMILES string of the molecule is [N-]=[N+]=NCCOCCOCCOCCOCCOCCOCCOCCOCCOCCOCCOCCOCCO. The lowest BCUT2D eigenvalue weighted by molar-refractivity contribution is -0.0285. The Morgan fingerprint density at radius 1 is 0.333 bits per heavy atom. The second kappa shape index (κ2) is 39.8. The van der Waals surface area contributed by atoms with Gasteiger partial charge in [-0.2, -0.15) is 0 Å². The van der Waals surface area contributed by atoms with Crippen molar-refractivity contribution >= 4 is 0 Å². The number of azide groups is 1.